The van der Waals surface area contributed by atoms with E-state index in [9.17, 15) is 0 Å². The summed E-state index contributed by atoms with van der Waals surface area (Å²) in [5, 5.41) is 9.04. The highest BCUT2D eigenvalue weighted by Gasteiger charge is 2.16. The van der Waals surface area contributed by atoms with Crippen LogP contribution in [0.2, 0.25) is 0 Å². The zero-order chi connectivity index (χ0) is 14.7. The van der Waals surface area contributed by atoms with Gasteiger partial charge in [0.15, 0.2) is 0 Å². The Morgan fingerprint density at radius 1 is 1.33 bits per heavy atom. The molecule has 1 atom stereocenters. The van der Waals surface area contributed by atoms with E-state index in [1.54, 1.807) is 11.3 Å². The number of halogens is 1. The van der Waals surface area contributed by atoms with Gasteiger partial charge in [-0.05, 0) is 69.8 Å². The molecule has 0 saturated carbocycles. The summed E-state index contributed by atoms with van der Waals surface area (Å²) in [7, 11) is 0. The number of fused-ring (bicyclic) bond motifs is 1. The topological polar surface area (TPSA) is 25.2 Å². The first-order chi connectivity index (χ1) is 10.3. The van der Waals surface area contributed by atoms with Crippen molar-refractivity contribution in [3.63, 3.8) is 0 Å². The maximum atomic E-state index is 6.08. The van der Waals surface area contributed by atoms with E-state index in [-0.39, 0.29) is 6.04 Å². The van der Waals surface area contributed by atoms with Gasteiger partial charge in [-0.3, -0.25) is 0 Å². The van der Waals surface area contributed by atoms with Crippen LogP contribution in [0.25, 0.3) is 11.0 Å². The fraction of sp³-hybridized carbons (Fsp3) is 0.294. The average molecular weight is 364 g/mol. The smallest absolute Gasteiger partial charge is 0.148 e. The molecule has 3 rings (SSSR count). The third-order valence-corrected chi connectivity index (χ3v) is 4.97. The first-order valence-corrected chi connectivity index (χ1v) is 8.94. The second kappa shape index (κ2) is 6.77. The van der Waals surface area contributed by atoms with Crippen LogP contribution in [0, 0.1) is 0 Å². The molecule has 0 fully saturated rings. The third kappa shape index (κ3) is 3.39. The van der Waals surface area contributed by atoms with E-state index < -0.39 is 0 Å². The van der Waals surface area contributed by atoms with Crippen LogP contribution in [-0.2, 0) is 6.42 Å². The van der Waals surface area contributed by atoms with Gasteiger partial charge in [-0.1, -0.05) is 19.1 Å². The number of hydrogen-bond acceptors (Lipinski definition) is 3. The lowest BCUT2D eigenvalue weighted by Crippen LogP contribution is -2.20. The zero-order valence-electron chi connectivity index (χ0n) is 11.9. The van der Waals surface area contributed by atoms with Gasteiger partial charge in [0.25, 0.3) is 0 Å². The quantitative estimate of drug-likeness (QED) is 0.621. The van der Waals surface area contributed by atoms with Gasteiger partial charge < -0.3 is 9.73 Å². The van der Waals surface area contributed by atoms with Crippen LogP contribution in [0.5, 0.6) is 0 Å². The Morgan fingerprint density at radius 3 is 2.95 bits per heavy atom. The molecule has 2 heterocycles. The van der Waals surface area contributed by atoms with Crippen LogP contribution in [0.15, 0.2) is 50.0 Å². The Labute approximate surface area is 137 Å². The zero-order valence-corrected chi connectivity index (χ0v) is 14.3. The van der Waals surface area contributed by atoms with Crippen LogP contribution < -0.4 is 5.32 Å². The first kappa shape index (κ1) is 14.8. The average Bonchev–Trinajstić information content (AvgIpc) is 3.13. The monoisotopic (exact) mass is 363 g/mol. The lowest BCUT2D eigenvalue weighted by molar-refractivity contribution is 0.417. The number of benzene rings is 1. The number of furan rings is 1. The third-order valence-electron chi connectivity index (χ3n) is 3.61. The van der Waals surface area contributed by atoms with Crippen molar-refractivity contribution >= 4 is 38.2 Å². The predicted octanol–water partition coefficient (Wildman–Crippen LogP) is 5.54. The molecular weight excluding hydrogens is 346 g/mol. The molecule has 0 amide bonds. The van der Waals surface area contributed by atoms with Crippen molar-refractivity contribution in [2.24, 2.45) is 0 Å². The fourth-order valence-corrected chi connectivity index (χ4v) is 3.72. The van der Waals surface area contributed by atoms with E-state index in [4.69, 9.17) is 4.42 Å². The highest BCUT2D eigenvalue weighted by molar-refractivity contribution is 9.10. The van der Waals surface area contributed by atoms with Crippen molar-refractivity contribution < 1.29 is 4.42 Å². The minimum atomic E-state index is 0.259. The van der Waals surface area contributed by atoms with Crippen LogP contribution in [-0.4, -0.2) is 6.54 Å². The minimum Gasteiger partial charge on any atom is -0.458 e. The fourth-order valence-electron chi connectivity index (χ4n) is 2.56. The summed E-state index contributed by atoms with van der Waals surface area (Å²) in [6.07, 6.45) is 2.11. The van der Waals surface area contributed by atoms with Gasteiger partial charge in [-0.15, -0.1) is 0 Å². The van der Waals surface area contributed by atoms with Gasteiger partial charge in [0, 0.05) is 5.39 Å². The summed E-state index contributed by atoms with van der Waals surface area (Å²) in [4.78, 5) is 0. The molecule has 0 bridgehead atoms. The highest BCUT2D eigenvalue weighted by atomic mass is 79.9. The number of rotatable bonds is 6. The molecule has 0 spiro atoms. The molecular formula is C17H18BrNOS. The molecule has 2 nitrogen and oxygen atoms in total. The van der Waals surface area contributed by atoms with Crippen molar-refractivity contribution in [2.45, 2.75) is 25.8 Å². The van der Waals surface area contributed by atoms with E-state index in [1.807, 2.05) is 12.1 Å². The molecule has 3 aromatic rings. The number of para-hydroxylation sites is 1. The summed E-state index contributed by atoms with van der Waals surface area (Å²) in [6, 6.07) is 10.8. The van der Waals surface area contributed by atoms with Gasteiger partial charge in [-0.2, -0.15) is 11.3 Å². The second-order valence-electron chi connectivity index (χ2n) is 5.09. The van der Waals surface area contributed by atoms with Crippen LogP contribution in [0.3, 0.4) is 0 Å². The summed E-state index contributed by atoms with van der Waals surface area (Å²) in [5.74, 6) is 1.02. The molecule has 0 aliphatic rings. The number of aryl methyl sites for hydroxylation is 1. The van der Waals surface area contributed by atoms with Crippen LogP contribution in [0.1, 0.15) is 30.7 Å². The van der Waals surface area contributed by atoms with Crippen molar-refractivity contribution in [1.82, 2.24) is 5.32 Å². The van der Waals surface area contributed by atoms with Gasteiger partial charge >= 0.3 is 0 Å². The van der Waals surface area contributed by atoms with E-state index in [1.165, 1.54) is 5.56 Å². The SMILES string of the molecule is CCNC(CCc1ccsc1)c1cc2cccc(Br)c2o1. The Kier molecular flexibility index (Phi) is 4.78. The van der Waals surface area contributed by atoms with E-state index >= 15 is 0 Å². The largest absolute Gasteiger partial charge is 0.458 e. The second-order valence-corrected chi connectivity index (χ2v) is 6.72. The maximum Gasteiger partial charge on any atom is 0.148 e. The molecule has 1 N–H and O–H groups in total. The van der Waals surface area contributed by atoms with Gasteiger partial charge in [0.1, 0.15) is 11.3 Å². The number of thiophene rings is 1. The van der Waals surface area contributed by atoms with Crippen LogP contribution in [0.4, 0.5) is 0 Å². The minimum absolute atomic E-state index is 0.259. The molecule has 0 aliphatic carbocycles. The summed E-state index contributed by atoms with van der Waals surface area (Å²) in [6.45, 7) is 3.07. The molecule has 2 aromatic heterocycles. The summed E-state index contributed by atoms with van der Waals surface area (Å²) < 4.78 is 7.09. The molecule has 0 aliphatic heterocycles. The Bertz CT molecular complexity index is 705. The van der Waals surface area contributed by atoms with E-state index in [0.717, 1.165) is 40.6 Å². The van der Waals surface area contributed by atoms with Gasteiger partial charge in [0.05, 0.1) is 10.5 Å². The molecule has 1 aromatic carbocycles. The molecule has 0 radical (unpaired) electrons. The van der Waals surface area contributed by atoms with Crippen molar-refractivity contribution in [3.8, 4) is 0 Å². The highest BCUT2D eigenvalue weighted by Crippen LogP contribution is 2.31. The van der Waals surface area contributed by atoms with Gasteiger partial charge in [-0.25, -0.2) is 0 Å². The van der Waals surface area contributed by atoms with Crippen LogP contribution >= 0.6 is 27.3 Å². The number of hydrogen-bond donors (Lipinski definition) is 1. The molecule has 0 saturated heterocycles. The summed E-state index contributed by atoms with van der Waals surface area (Å²) in [5.41, 5.74) is 2.34. The summed E-state index contributed by atoms with van der Waals surface area (Å²) >= 11 is 5.31. The van der Waals surface area contributed by atoms with Crippen molar-refractivity contribution in [1.29, 1.82) is 0 Å². The molecule has 110 valence electrons. The van der Waals surface area contributed by atoms with E-state index in [2.05, 4.69) is 57.1 Å². The normalized spacial score (nSPS) is 12.9. The Morgan fingerprint density at radius 2 is 2.24 bits per heavy atom. The Balaban J connectivity index is 1.82. The molecule has 21 heavy (non-hydrogen) atoms. The van der Waals surface area contributed by atoms with E-state index in [0.29, 0.717) is 0 Å². The van der Waals surface area contributed by atoms with Crippen molar-refractivity contribution in [2.75, 3.05) is 6.54 Å². The van der Waals surface area contributed by atoms with Crippen molar-refractivity contribution in [3.05, 3.63) is 56.9 Å². The van der Waals surface area contributed by atoms with Gasteiger partial charge in [0.2, 0.25) is 0 Å². The number of nitrogens with one attached hydrogen (secondary N) is 1. The lowest BCUT2D eigenvalue weighted by Gasteiger charge is -2.14. The maximum absolute atomic E-state index is 6.08. The standard InChI is InChI=1S/C17H18BrNOS/c1-2-19-15(7-6-12-8-9-21-11-12)16-10-13-4-3-5-14(18)17(13)20-16/h3-5,8-11,15,19H,2,6-7H2,1H3. The Hall–Kier alpha value is -1.10. The molecule has 4 heteroatoms. The molecule has 1 unspecified atom stereocenters. The first-order valence-electron chi connectivity index (χ1n) is 7.20. The lowest BCUT2D eigenvalue weighted by atomic mass is 10.1. The predicted molar refractivity (Wildman–Crippen MR) is 93.0 cm³/mol.